The number of ether oxygens (including phenoxy) is 1. The van der Waals surface area contributed by atoms with E-state index in [-0.39, 0.29) is 6.61 Å². The van der Waals surface area contributed by atoms with Crippen LogP contribution in [0.2, 0.25) is 0 Å². The molecule has 0 aromatic heterocycles. The van der Waals surface area contributed by atoms with Crippen molar-refractivity contribution in [2.45, 2.75) is 18.6 Å². The lowest BCUT2D eigenvalue weighted by Crippen LogP contribution is -2.57. The molecule has 0 fully saturated rings. The number of carboxylic acid groups (broad SMARTS) is 2. The van der Waals surface area contributed by atoms with E-state index in [1.54, 1.807) is 30.3 Å². The topological polar surface area (TPSA) is 127 Å². The highest BCUT2D eigenvalue weighted by atomic mass is 16.5. The predicted octanol–water partition coefficient (Wildman–Crippen LogP) is -0.0134. The fraction of sp³-hybridized carbons (Fsp3) is 0.250. The third kappa shape index (κ3) is 3.78. The summed E-state index contributed by atoms with van der Waals surface area (Å²) in [4.78, 5) is 33.1. The number of nitrogens with two attached hydrogens (primary N) is 1. The molecule has 0 aliphatic carbocycles. The quantitative estimate of drug-likeness (QED) is 0.488. The molecule has 0 aliphatic rings. The summed E-state index contributed by atoms with van der Waals surface area (Å²) in [6.07, 6.45) is -1.05. The van der Waals surface area contributed by atoms with Crippen molar-refractivity contribution in [1.82, 2.24) is 0 Å². The maximum absolute atomic E-state index is 11.6. The number of carbonyl (C=O) groups excluding carboxylic acids is 1. The van der Waals surface area contributed by atoms with E-state index in [4.69, 9.17) is 20.7 Å². The smallest absolute Gasteiger partial charge is 0.338 e. The third-order valence-corrected chi connectivity index (χ3v) is 2.39. The van der Waals surface area contributed by atoms with Gasteiger partial charge in [0.05, 0.1) is 6.42 Å². The van der Waals surface area contributed by atoms with E-state index in [1.807, 2.05) is 0 Å². The average Bonchev–Trinajstić information content (AvgIpc) is 2.36. The molecule has 1 aromatic rings. The van der Waals surface area contributed by atoms with Crippen molar-refractivity contribution in [3.8, 4) is 0 Å². The van der Waals surface area contributed by atoms with Crippen molar-refractivity contribution in [3.05, 3.63) is 35.9 Å². The molecule has 7 nitrogen and oxygen atoms in total. The van der Waals surface area contributed by atoms with Crippen LogP contribution in [0.3, 0.4) is 0 Å². The van der Waals surface area contributed by atoms with Crippen LogP contribution in [0.5, 0.6) is 0 Å². The zero-order valence-corrected chi connectivity index (χ0v) is 9.91. The van der Waals surface area contributed by atoms with Crippen LogP contribution >= 0.6 is 0 Å². The zero-order valence-electron chi connectivity index (χ0n) is 9.91. The second kappa shape index (κ2) is 5.96. The summed E-state index contributed by atoms with van der Waals surface area (Å²) < 4.78 is 4.75. The number of aliphatic carboxylic acids is 2. The molecule has 1 atom stereocenters. The largest absolute Gasteiger partial charge is 0.481 e. The standard InChI is InChI=1S/C12H13NO6/c13-12(10(16)17,6-9(14)15)11(18)19-7-8-4-2-1-3-5-8/h1-5H,6-7,13H2,(H,14,15)(H,16,17)/t12-/m0/s1. The molecular formula is C12H13NO6. The van der Waals surface area contributed by atoms with Crippen LogP contribution in [-0.4, -0.2) is 33.7 Å². The van der Waals surface area contributed by atoms with Crippen LogP contribution in [0, 0.1) is 0 Å². The summed E-state index contributed by atoms with van der Waals surface area (Å²) in [5.41, 5.74) is 3.35. The van der Waals surface area contributed by atoms with E-state index in [1.165, 1.54) is 0 Å². The summed E-state index contributed by atoms with van der Waals surface area (Å²) in [7, 11) is 0. The van der Waals surface area contributed by atoms with Crippen LogP contribution in [0.25, 0.3) is 0 Å². The van der Waals surface area contributed by atoms with Gasteiger partial charge in [-0.1, -0.05) is 30.3 Å². The lowest BCUT2D eigenvalue weighted by Gasteiger charge is -2.20. The molecule has 0 saturated carbocycles. The molecule has 0 heterocycles. The van der Waals surface area contributed by atoms with Gasteiger partial charge in [-0.25, -0.2) is 9.59 Å². The highest BCUT2D eigenvalue weighted by molar-refractivity contribution is 6.06. The van der Waals surface area contributed by atoms with Crippen LogP contribution in [0.1, 0.15) is 12.0 Å². The highest BCUT2D eigenvalue weighted by Crippen LogP contribution is 2.12. The van der Waals surface area contributed by atoms with Gasteiger partial charge in [0.1, 0.15) is 6.61 Å². The van der Waals surface area contributed by atoms with Gasteiger partial charge < -0.3 is 20.7 Å². The SMILES string of the molecule is N[C@@](CC(=O)O)(C(=O)O)C(=O)OCc1ccccc1. The Bertz CT molecular complexity index is 486. The lowest BCUT2D eigenvalue weighted by molar-refractivity contribution is -0.165. The summed E-state index contributed by atoms with van der Waals surface area (Å²) in [6.45, 7) is -0.175. The second-order valence-corrected chi connectivity index (χ2v) is 3.91. The summed E-state index contributed by atoms with van der Waals surface area (Å²) in [6, 6.07) is 8.54. The molecule has 0 spiro atoms. The molecule has 0 aliphatic heterocycles. The van der Waals surface area contributed by atoms with Gasteiger partial charge >= 0.3 is 17.9 Å². The number of carbonyl (C=O) groups is 3. The van der Waals surface area contributed by atoms with Gasteiger partial charge in [-0.15, -0.1) is 0 Å². The van der Waals surface area contributed by atoms with Crippen molar-refractivity contribution >= 4 is 17.9 Å². The molecule has 0 bridgehead atoms. The van der Waals surface area contributed by atoms with Crippen LogP contribution < -0.4 is 5.73 Å². The van der Waals surface area contributed by atoms with Gasteiger partial charge in [-0.05, 0) is 5.56 Å². The van der Waals surface area contributed by atoms with E-state index in [2.05, 4.69) is 0 Å². The Morgan fingerprint density at radius 1 is 1.16 bits per heavy atom. The average molecular weight is 267 g/mol. The Balaban J connectivity index is 2.73. The maximum Gasteiger partial charge on any atom is 0.338 e. The Labute approximate surface area is 108 Å². The van der Waals surface area contributed by atoms with Crippen molar-refractivity contribution in [1.29, 1.82) is 0 Å². The number of benzene rings is 1. The number of carboxylic acids is 2. The first-order valence-corrected chi connectivity index (χ1v) is 5.31. The highest BCUT2D eigenvalue weighted by Gasteiger charge is 2.46. The summed E-state index contributed by atoms with van der Waals surface area (Å²) in [5.74, 6) is -4.53. The zero-order chi connectivity index (χ0) is 14.5. The molecule has 1 aromatic carbocycles. The Morgan fingerprint density at radius 2 is 1.74 bits per heavy atom. The molecule has 0 amide bonds. The molecule has 4 N–H and O–H groups in total. The molecule has 0 saturated heterocycles. The predicted molar refractivity (Wildman–Crippen MR) is 63.0 cm³/mol. The van der Waals surface area contributed by atoms with Crippen LogP contribution in [-0.2, 0) is 25.7 Å². The van der Waals surface area contributed by atoms with Crippen molar-refractivity contribution in [3.63, 3.8) is 0 Å². The molecule has 0 radical (unpaired) electrons. The van der Waals surface area contributed by atoms with Gasteiger partial charge in [-0.3, -0.25) is 4.79 Å². The van der Waals surface area contributed by atoms with Crippen LogP contribution in [0.15, 0.2) is 30.3 Å². The monoisotopic (exact) mass is 267 g/mol. The number of esters is 1. The van der Waals surface area contributed by atoms with Gasteiger partial charge in [0.2, 0.25) is 5.54 Å². The first-order chi connectivity index (χ1) is 8.86. The van der Waals surface area contributed by atoms with E-state index >= 15 is 0 Å². The molecule has 102 valence electrons. The van der Waals surface area contributed by atoms with Crippen molar-refractivity contribution < 1.29 is 29.3 Å². The van der Waals surface area contributed by atoms with E-state index in [0.29, 0.717) is 5.56 Å². The van der Waals surface area contributed by atoms with Crippen molar-refractivity contribution in [2.24, 2.45) is 5.73 Å². The molecule has 7 heteroatoms. The lowest BCUT2D eigenvalue weighted by atomic mass is 9.97. The fourth-order valence-corrected chi connectivity index (χ4v) is 1.33. The normalized spacial score (nSPS) is 13.3. The van der Waals surface area contributed by atoms with Crippen molar-refractivity contribution in [2.75, 3.05) is 0 Å². The number of hydrogen-bond donors (Lipinski definition) is 3. The molecule has 0 unspecified atom stereocenters. The van der Waals surface area contributed by atoms with Gasteiger partial charge in [0, 0.05) is 0 Å². The molecule has 1 rings (SSSR count). The fourth-order valence-electron chi connectivity index (χ4n) is 1.33. The minimum atomic E-state index is -2.58. The molecular weight excluding hydrogens is 254 g/mol. The molecule has 19 heavy (non-hydrogen) atoms. The minimum absolute atomic E-state index is 0.175. The number of hydrogen-bond acceptors (Lipinski definition) is 5. The Hall–Kier alpha value is -2.41. The first kappa shape index (κ1) is 14.7. The van der Waals surface area contributed by atoms with Gasteiger partial charge in [0.25, 0.3) is 0 Å². The Morgan fingerprint density at radius 3 is 2.21 bits per heavy atom. The Kier molecular flexibility index (Phi) is 4.60. The maximum atomic E-state index is 11.6. The minimum Gasteiger partial charge on any atom is -0.481 e. The third-order valence-electron chi connectivity index (χ3n) is 2.39. The van der Waals surface area contributed by atoms with E-state index in [0.717, 1.165) is 0 Å². The van der Waals surface area contributed by atoms with Gasteiger partial charge in [-0.2, -0.15) is 0 Å². The van der Waals surface area contributed by atoms with E-state index in [9.17, 15) is 14.4 Å². The second-order valence-electron chi connectivity index (χ2n) is 3.91. The van der Waals surface area contributed by atoms with Crippen LogP contribution in [0.4, 0.5) is 0 Å². The number of rotatable bonds is 6. The summed E-state index contributed by atoms with van der Waals surface area (Å²) >= 11 is 0. The van der Waals surface area contributed by atoms with Gasteiger partial charge in [0.15, 0.2) is 0 Å². The van der Waals surface area contributed by atoms with E-state index < -0.39 is 29.9 Å². The summed E-state index contributed by atoms with van der Waals surface area (Å²) in [5, 5.41) is 17.4. The first-order valence-electron chi connectivity index (χ1n) is 5.31.